The summed E-state index contributed by atoms with van der Waals surface area (Å²) >= 11 is 1.37. The van der Waals surface area contributed by atoms with Crippen LogP contribution < -0.4 is 15.4 Å². The molecule has 2 heterocycles. The second-order valence-electron chi connectivity index (χ2n) is 8.48. The largest absolute Gasteiger partial charge is 0.497 e. The van der Waals surface area contributed by atoms with Crippen LogP contribution in [0.5, 0.6) is 5.75 Å². The number of aryl methyl sites for hydroxylation is 1. The lowest BCUT2D eigenvalue weighted by atomic mass is 10.0. The molecule has 1 atom stereocenters. The van der Waals surface area contributed by atoms with E-state index in [1.807, 2.05) is 29.9 Å². The molecule has 4 rings (SSSR count). The number of anilines is 1. The predicted molar refractivity (Wildman–Crippen MR) is 138 cm³/mol. The Kier molecular flexibility index (Phi) is 8.44. The second kappa shape index (κ2) is 11.9. The fraction of sp³-hybridized carbons (Fsp3) is 0.346. The van der Waals surface area contributed by atoms with E-state index in [-0.39, 0.29) is 23.6 Å². The van der Waals surface area contributed by atoms with Crippen molar-refractivity contribution in [2.75, 3.05) is 37.8 Å². The predicted octanol–water partition coefficient (Wildman–Crippen LogP) is 3.73. The summed E-state index contributed by atoms with van der Waals surface area (Å²) in [5.74, 6) is 0.825. The third-order valence-electron chi connectivity index (χ3n) is 6.08. The van der Waals surface area contributed by atoms with Crippen molar-refractivity contribution in [3.63, 3.8) is 0 Å². The van der Waals surface area contributed by atoms with E-state index in [0.717, 1.165) is 29.6 Å². The van der Waals surface area contributed by atoms with Gasteiger partial charge in [0, 0.05) is 37.2 Å². The van der Waals surface area contributed by atoms with Crippen molar-refractivity contribution in [3.05, 3.63) is 72.1 Å². The van der Waals surface area contributed by atoms with Crippen LogP contribution in [0.1, 0.15) is 34.8 Å². The first-order valence-electron chi connectivity index (χ1n) is 11.7. The lowest BCUT2D eigenvalue weighted by Gasteiger charge is -2.28. The Hall–Kier alpha value is -3.30. The Morgan fingerprint density at radius 2 is 1.80 bits per heavy atom. The lowest BCUT2D eigenvalue weighted by Crippen LogP contribution is -2.36. The lowest BCUT2D eigenvalue weighted by molar-refractivity contribution is -0.113. The van der Waals surface area contributed by atoms with Crippen molar-refractivity contribution in [2.24, 2.45) is 7.05 Å². The quantitative estimate of drug-likeness (QED) is 0.419. The van der Waals surface area contributed by atoms with E-state index in [1.165, 1.54) is 24.6 Å². The molecule has 0 bridgehead atoms. The molecule has 0 aliphatic carbocycles. The number of hydrogen-bond donors (Lipinski definition) is 2. The first kappa shape index (κ1) is 24.8. The number of methoxy groups -OCH3 is 1. The molecule has 1 aliphatic heterocycles. The van der Waals surface area contributed by atoms with Crippen LogP contribution in [0.25, 0.3) is 0 Å². The molecule has 1 fully saturated rings. The normalized spacial score (nSPS) is 14.5. The van der Waals surface area contributed by atoms with Crippen LogP contribution in [0.3, 0.4) is 0 Å². The van der Waals surface area contributed by atoms with Crippen molar-refractivity contribution >= 4 is 29.3 Å². The van der Waals surface area contributed by atoms with Crippen LogP contribution in [0, 0.1) is 0 Å². The number of imidazole rings is 1. The van der Waals surface area contributed by atoms with Crippen LogP contribution in [0.15, 0.2) is 66.1 Å². The molecule has 1 aliphatic rings. The van der Waals surface area contributed by atoms with E-state index in [4.69, 9.17) is 4.74 Å². The maximum atomic E-state index is 12.8. The Morgan fingerprint density at radius 1 is 1.09 bits per heavy atom. The monoisotopic (exact) mass is 493 g/mol. The van der Waals surface area contributed by atoms with Gasteiger partial charge >= 0.3 is 0 Å². The fourth-order valence-corrected chi connectivity index (χ4v) is 4.88. The first-order chi connectivity index (χ1) is 17.0. The molecule has 9 heteroatoms. The van der Waals surface area contributed by atoms with Gasteiger partial charge in [-0.2, -0.15) is 0 Å². The summed E-state index contributed by atoms with van der Waals surface area (Å²) in [6.45, 7) is 2.58. The maximum absolute atomic E-state index is 12.8. The van der Waals surface area contributed by atoms with Crippen LogP contribution in [-0.4, -0.2) is 58.8 Å². The number of nitrogens with one attached hydrogen (secondary N) is 2. The number of benzene rings is 2. The summed E-state index contributed by atoms with van der Waals surface area (Å²) in [7, 11) is 3.55. The smallest absolute Gasteiger partial charge is 0.251 e. The highest BCUT2D eigenvalue weighted by Crippen LogP contribution is 2.26. The van der Waals surface area contributed by atoms with Crippen molar-refractivity contribution in [1.82, 2.24) is 19.8 Å². The van der Waals surface area contributed by atoms with E-state index in [0.29, 0.717) is 17.8 Å². The minimum atomic E-state index is -0.133. The Bertz CT molecular complexity index is 1120. The van der Waals surface area contributed by atoms with Crippen molar-refractivity contribution < 1.29 is 14.3 Å². The van der Waals surface area contributed by atoms with E-state index < -0.39 is 0 Å². The molecule has 1 aromatic heterocycles. The van der Waals surface area contributed by atoms with E-state index in [1.54, 1.807) is 37.6 Å². The number of likely N-dealkylation sites (tertiary alicyclic amines) is 1. The number of rotatable bonds is 10. The van der Waals surface area contributed by atoms with Gasteiger partial charge in [0.2, 0.25) is 5.91 Å². The molecule has 8 nitrogen and oxygen atoms in total. The zero-order valence-corrected chi connectivity index (χ0v) is 20.9. The highest BCUT2D eigenvalue weighted by atomic mass is 32.2. The highest BCUT2D eigenvalue weighted by Gasteiger charge is 2.24. The topological polar surface area (TPSA) is 88.5 Å². The molecule has 0 spiro atoms. The summed E-state index contributed by atoms with van der Waals surface area (Å²) in [5.41, 5.74) is 2.37. The summed E-state index contributed by atoms with van der Waals surface area (Å²) in [5, 5.41) is 6.74. The Morgan fingerprint density at radius 3 is 2.43 bits per heavy atom. The summed E-state index contributed by atoms with van der Waals surface area (Å²) in [6.07, 6.45) is 5.89. The van der Waals surface area contributed by atoms with Gasteiger partial charge in [0.1, 0.15) is 5.75 Å². The Balaban J connectivity index is 1.31. The molecule has 3 aromatic rings. The third-order valence-corrected chi connectivity index (χ3v) is 7.14. The number of amides is 2. The standard InChI is InChI=1S/C26H31N5O3S/c1-30-16-13-27-26(30)35-18-24(32)29-21-9-5-20(6-10-21)25(33)28-17-23(31-14-3-4-15-31)19-7-11-22(34-2)12-8-19/h5-13,16,23H,3-4,14-15,17-18H2,1-2H3,(H,28,33)(H,29,32). The molecule has 2 N–H and O–H groups in total. The number of thioether (sulfide) groups is 1. The number of hydrogen-bond acceptors (Lipinski definition) is 6. The van der Waals surface area contributed by atoms with Crippen LogP contribution in [-0.2, 0) is 11.8 Å². The molecule has 2 aromatic carbocycles. The van der Waals surface area contributed by atoms with Gasteiger partial charge in [-0.25, -0.2) is 4.98 Å². The Labute approximate surface area is 210 Å². The van der Waals surface area contributed by atoms with E-state index in [9.17, 15) is 9.59 Å². The molecule has 0 saturated carbocycles. The number of carbonyl (C=O) groups is 2. The molecular weight excluding hydrogens is 462 g/mol. The van der Waals surface area contributed by atoms with E-state index >= 15 is 0 Å². The summed E-state index contributed by atoms with van der Waals surface area (Å²) in [6, 6.07) is 15.1. The average Bonchev–Trinajstić information content (AvgIpc) is 3.56. The zero-order chi connectivity index (χ0) is 24.6. The SMILES string of the molecule is COc1ccc(C(CNC(=O)c2ccc(NC(=O)CSc3nccn3C)cc2)N2CCCC2)cc1. The molecule has 2 amide bonds. The fourth-order valence-electron chi connectivity index (χ4n) is 4.15. The summed E-state index contributed by atoms with van der Waals surface area (Å²) < 4.78 is 7.15. The van der Waals surface area contributed by atoms with Gasteiger partial charge in [0.25, 0.3) is 5.91 Å². The van der Waals surface area contributed by atoms with Gasteiger partial charge in [-0.1, -0.05) is 23.9 Å². The summed E-state index contributed by atoms with van der Waals surface area (Å²) in [4.78, 5) is 31.7. The minimum Gasteiger partial charge on any atom is -0.497 e. The highest BCUT2D eigenvalue weighted by molar-refractivity contribution is 7.99. The van der Waals surface area contributed by atoms with Gasteiger partial charge in [-0.05, 0) is 67.9 Å². The minimum absolute atomic E-state index is 0.113. The zero-order valence-electron chi connectivity index (χ0n) is 20.1. The number of carbonyl (C=O) groups excluding carboxylic acids is 2. The third kappa shape index (κ3) is 6.64. The van der Waals surface area contributed by atoms with Crippen molar-refractivity contribution in [2.45, 2.75) is 24.0 Å². The second-order valence-corrected chi connectivity index (χ2v) is 9.42. The number of aromatic nitrogens is 2. The van der Waals surface area contributed by atoms with Crippen molar-refractivity contribution in [3.8, 4) is 5.75 Å². The van der Waals surface area contributed by atoms with Gasteiger partial charge in [-0.15, -0.1) is 0 Å². The van der Waals surface area contributed by atoms with Gasteiger partial charge in [-0.3, -0.25) is 14.5 Å². The van der Waals surface area contributed by atoms with Gasteiger partial charge in [0.15, 0.2) is 5.16 Å². The van der Waals surface area contributed by atoms with Crippen LogP contribution >= 0.6 is 11.8 Å². The van der Waals surface area contributed by atoms with Gasteiger partial charge < -0.3 is 19.9 Å². The molecule has 0 radical (unpaired) electrons. The van der Waals surface area contributed by atoms with Crippen LogP contribution in [0.2, 0.25) is 0 Å². The van der Waals surface area contributed by atoms with Gasteiger partial charge in [0.05, 0.1) is 18.9 Å². The van der Waals surface area contributed by atoms with E-state index in [2.05, 4.69) is 32.7 Å². The molecule has 1 unspecified atom stereocenters. The molecule has 184 valence electrons. The average molecular weight is 494 g/mol. The maximum Gasteiger partial charge on any atom is 0.251 e. The molecule has 35 heavy (non-hydrogen) atoms. The number of ether oxygens (including phenoxy) is 1. The number of nitrogens with zero attached hydrogens (tertiary/aromatic N) is 3. The van der Waals surface area contributed by atoms with Crippen molar-refractivity contribution in [1.29, 1.82) is 0 Å². The van der Waals surface area contributed by atoms with Crippen LogP contribution in [0.4, 0.5) is 5.69 Å². The first-order valence-corrected chi connectivity index (χ1v) is 12.7. The molecule has 1 saturated heterocycles. The molecular formula is C26H31N5O3S.